The molecule has 0 radical (unpaired) electrons. The summed E-state index contributed by atoms with van der Waals surface area (Å²) in [6, 6.07) is 3.40. The molecule has 0 aliphatic carbocycles. The zero-order chi connectivity index (χ0) is 13.0. The summed E-state index contributed by atoms with van der Waals surface area (Å²) >= 11 is 5.76. The molecule has 3 N–H and O–H groups in total. The molecular weight excluding hydrogens is 246 g/mol. The smallest absolute Gasteiger partial charge is 0.305 e. The van der Waals surface area contributed by atoms with Crippen molar-refractivity contribution in [2.24, 2.45) is 5.73 Å². The van der Waals surface area contributed by atoms with E-state index >= 15 is 0 Å². The Morgan fingerprint density at radius 1 is 1.53 bits per heavy atom. The first-order valence-electron chi connectivity index (χ1n) is 4.81. The number of methoxy groups -OCH3 is 1. The second kappa shape index (κ2) is 5.65. The molecule has 1 atom stereocenters. The third-order valence-corrected chi connectivity index (χ3v) is 2.39. The van der Waals surface area contributed by atoms with Gasteiger partial charge in [0.2, 0.25) is 0 Å². The van der Waals surface area contributed by atoms with Crippen LogP contribution in [0.3, 0.4) is 0 Å². The molecule has 6 heteroatoms. The van der Waals surface area contributed by atoms with E-state index in [9.17, 15) is 9.59 Å². The van der Waals surface area contributed by atoms with Crippen LogP contribution >= 0.6 is 11.6 Å². The normalized spacial score (nSPS) is 11.9. The predicted octanol–water partition coefficient (Wildman–Crippen LogP) is 1.33. The third kappa shape index (κ3) is 3.44. The largest absolute Gasteiger partial charge is 0.496 e. The fourth-order valence-electron chi connectivity index (χ4n) is 1.35. The average Bonchev–Trinajstić information content (AvgIpc) is 2.27. The summed E-state index contributed by atoms with van der Waals surface area (Å²) < 4.78 is 4.99. The number of carboxylic acids is 1. The van der Waals surface area contributed by atoms with Gasteiger partial charge in [-0.3, -0.25) is 9.59 Å². The Morgan fingerprint density at radius 2 is 2.18 bits per heavy atom. The molecule has 0 saturated heterocycles. The van der Waals surface area contributed by atoms with E-state index in [-0.39, 0.29) is 5.56 Å². The zero-order valence-corrected chi connectivity index (χ0v) is 9.90. The Kier molecular flexibility index (Phi) is 4.48. The molecule has 0 heterocycles. The van der Waals surface area contributed by atoms with Crippen molar-refractivity contribution >= 4 is 23.4 Å². The molecule has 0 aliphatic rings. The van der Waals surface area contributed by atoms with Gasteiger partial charge in [0.25, 0.3) is 0 Å². The Labute approximate surface area is 103 Å². The lowest BCUT2D eigenvalue weighted by Gasteiger charge is -2.11. The second-order valence-electron chi connectivity index (χ2n) is 3.41. The van der Waals surface area contributed by atoms with Gasteiger partial charge in [-0.2, -0.15) is 0 Å². The molecule has 92 valence electrons. The van der Waals surface area contributed by atoms with Gasteiger partial charge in [0.05, 0.1) is 25.1 Å². The predicted molar refractivity (Wildman–Crippen MR) is 62.6 cm³/mol. The lowest BCUT2D eigenvalue weighted by Crippen LogP contribution is -2.33. The molecule has 1 unspecified atom stereocenters. The summed E-state index contributed by atoms with van der Waals surface area (Å²) in [7, 11) is 1.41. The maximum atomic E-state index is 11.9. The van der Waals surface area contributed by atoms with E-state index in [0.717, 1.165) is 0 Å². The van der Waals surface area contributed by atoms with Crippen molar-refractivity contribution in [2.75, 3.05) is 7.11 Å². The maximum Gasteiger partial charge on any atom is 0.305 e. The minimum Gasteiger partial charge on any atom is -0.496 e. The van der Waals surface area contributed by atoms with Crippen LogP contribution in [0.1, 0.15) is 16.8 Å². The van der Waals surface area contributed by atoms with Crippen molar-refractivity contribution < 1.29 is 19.4 Å². The summed E-state index contributed by atoms with van der Waals surface area (Å²) in [5.41, 5.74) is 5.68. The van der Waals surface area contributed by atoms with E-state index in [1.54, 1.807) is 6.07 Å². The van der Waals surface area contributed by atoms with Gasteiger partial charge in [0, 0.05) is 5.02 Å². The summed E-state index contributed by atoms with van der Waals surface area (Å²) in [4.78, 5) is 22.4. The molecule has 0 saturated carbocycles. The van der Waals surface area contributed by atoms with E-state index in [4.69, 9.17) is 27.2 Å². The summed E-state index contributed by atoms with van der Waals surface area (Å²) in [5.74, 6) is -1.32. The molecular formula is C11H12ClNO4. The molecule has 0 aliphatic heterocycles. The topological polar surface area (TPSA) is 89.6 Å². The van der Waals surface area contributed by atoms with Gasteiger partial charge in [-0.25, -0.2) is 0 Å². The highest BCUT2D eigenvalue weighted by atomic mass is 35.5. The Hall–Kier alpha value is -1.59. The first-order chi connectivity index (χ1) is 7.95. The number of Topliss-reactive ketones (excluding diaryl/α,β-unsaturated/α-hetero) is 1. The number of hydrogen-bond donors (Lipinski definition) is 2. The first kappa shape index (κ1) is 13.5. The number of benzene rings is 1. The monoisotopic (exact) mass is 257 g/mol. The van der Waals surface area contributed by atoms with Crippen LogP contribution in [-0.4, -0.2) is 30.0 Å². The van der Waals surface area contributed by atoms with Crippen LogP contribution in [0.2, 0.25) is 5.02 Å². The Morgan fingerprint density at radius 3 is 2.71 bits per heavy atom. The van der Waals surface area contributed by atoms with Gasteiger partial charge >= 0.3 is 5.97 Å². The highest BCUT2D eigenvalue weighted by molar-refractivity contribution is 6.31. The standard InChI is InChI=1S/C11H12ClNO4/c1-17-9-3-2-6(12)4-7(9)11(16)8(13)5-10(14)15/h2-4,8H,5,13H2,1H3,(H,14,15). The Bertz CT molecular complexity index is 447. The van der Waals surface area contributed by atoms with Crippen LogP contribution in [0.15, 0.2) is 18.2 Å². The fraction of sp³-hybridized carbons (Fsp3) is 0.273. The molecule has 0 amide bonds. The third-order valence-electron chi connectivity index (χ3n) is 2.16. The summed E-state index contributed by atoms with van der Waals surface area (Å²) in [6.07, 6.45) is -0.436. The number of ketones is 1. The fourth-order valence-corrected chi connectivity index (χ4v) is 1.53. The molecule has 0 fully saturated rings. The van der Waals surface area contributed by atoms with Gasteiger partial charge in [-0.1, -0.05) is 11.6 Å². The number of halogens is 1. The summed E-state index contributed by atoms with van der Waals surface area (Å²) in [6.45, 7) is 0. The SMILES string of the molecule is COc1ccc(Cl)cc1C(=O)C(N)CC(=O)O. The number of carbonyl (C=O) groups excluding carboxylic acids is 1. The van der Waals surface area contributed by atoms with Crippen LogP contribution < -0.4 is 10.5 Å². The molecule has 1 aromatic rings. The maximum absolute atomic E-state index is 11.9. The molecule has 5 nitrogen and oxygen atoms in total. The zero-order valence-electron chi connectivity index (χ0n) is 9.14. The second-order valence-corrected chi connectivity index (χ2v) is 3.85. The quantitative estimate of drug-likeness (QED) is 0.777. The minimum absolute atomic E-state index is 0.189. The van der Waals surface area contributed by atoms with Gasteiger partial charge in [-0.15, -0.1) is 0 Å². The summed E-state index contributed by atoms with van der Waals surface area (Å²) in [5, 5.41) is 8.93. The molecule has 0 aromatic heterocycles. The Balaban J connectivity index is 3.02. The first-order valence-corrected chi connectivity index (χ1v) is 5.18. The molecule has 0 spiro atoms. The van der Waals surface area contributed by atoms with Crippen molar-refractivity contribution in [2.45, 2.75) is 12.5 Å². The van der Waals surface area contributed by atoms with Crippen LogP contribution in [-0.2, 0) is 4.79 Å². The van der Waals surface area contributed by atoms with E-state index in [1.807, 2.05) is 0 Å². The molecule has 1 aromatic carbocycles. The number of aliphatic carboxylic acids is 1. The average molecular weight is 258 g/mol. The van der Waals surface area contributed by atoms with Crippen LogP contribution in [0.4, 0.5) is 0 Å². The van der Waals surface area contributed by atoms with Crippen molar-refractivity contribution in [1.82, 2.24) is 0 Å². The number of nitrogens with two attached hydrogens (primary N) is 1. The van der Waals surface area contributed by atoms with E-state index < -0.39 is 24.2 Å². The van der Waals surface area contributed by atoms with Crippen molar-refractivity contribution in [1.29, 1.82) is 0 Å². The number of carboxylic acid groups (broad SMARTS) is 1. The van der Waals surface area contributed by atoms with Crippen LogP contribution in [0, 0.1) is 0 Å². The molecule has 17 heavy (non-hydrogen) atoms. The van der Waals surface area contributed by atoms with Crippen LogP contribution in [0.5, 0.6) is 5.75 Å². The minimum atomic E-state index is -1.13. The highest BCUT2D eigenvalue weighted by Crippen LogP contribution is 2.24. The lowest BCUT2D eigenvalue weighted by molar-refractivity contribution is -0.137. The number of carbonyl (C=O) groups is 2. The van der Waals surface area contributed by atoms with Crippen molar-refractivity contribution in [3.8, 4) is 5.75 Å². The van der Waals surface area contributed by atoms with E-state index in [2.05, 4.69) is 0 Å². The van der Waals surface area contributed by atoms with Gasteiger partial charge in [-0.05, 0) is 18.2 Å². The van der Waals surface area contributed by atoms with Crippen molar-refractivity contribution in [3.05, 3.63) is 28.8 Å². The number of hydrogen-bond acceptors (Lipinski definition) is 4. The molecule has 0 bridgehead atoms. The lowest BCUT2D eigenvalue weighted by atomic mass is 10.0. The number of rotatable bonds is 5. The highest BCUT2D eigenvalue weighted by Gasteiger charge is 2.22. The molecule has 1 rings (SSSR count). The van der Waals surface area contributed by atoms with E-state index in [1.165, 1.54) is 19.2 Å². The van der Waals surface area contributed by atoms with Crippen molar-refractivity contribution in [3.63, 3.8) is 0 Å². The van der Waals surface area contributed by atoms with Gasteiger partial charge in [0.15, 0.2) is 5.78 Å². The number of ether oxygens (including phenoxy) is 1. The van der Waals surface area contributed by atoms with E-state index in [0.29, 0.717) is 10.8 Å². The van der Waals surface area contributed by atoms with Crippen LogP contribution in [0.25, 0.3) is 0 Å². The van der Waals surface area contributed by atoms with Gasteiger partial charge in [0.1, 0.15) is 5.75 Å². The van der Waals surface area contributed by atoms with Gasteiger partial charge < -0.3 is 15.6 Å².